The number of halogens is 3. The summed E-state index contributed by atoms with van der Waals surface area (Å²) in [6.07, 6.45) is 1.54. The van der Waals surface area contributed by atoms with Crippen LogP contribution in [0.1, 0.15) is 45.1 Å². The van der Waals surface area contributed by atoms with E-state index in [-0.39, 0.29) is 5.41 Å². The number of hydrogen-bond donors (Lipinski definition) is 1. The van der Waals surface area contributed by atoms with Gasteiger partial charge >= 0.3 is 6.18 Å². The van der Waals surface area contributed by atoms with Gasteiger partial charge in [0.15, 0.2) is 0 Å². The molecule has 19 heavy (non-hydrogen) atoms. The van der Waals surface area contributed by atoms with Crippen LogP contribution in [-0.2, 0) is 12.7 Å². The molecule has 0 aliphatic heterocycles. The van der Waals surface area contributed by atoms with Gasteiger partial charge in [-0.2, -0.15) is 30.9 Å². The van der Waals surface area contributed by atoms with E-state index in [0.29, 0.717) is 12.3 Å². The average Bonchev–Trinajstić information content (AvgIpc) is 2.77. The third-order valence-corrected chi connectivity index (χ3v) is 4.02. The third kappa shape index (κ3) is 4.44. The van der Waals surface area contributed by atoms with E-state index in [1.807, 2.05) is 0 Å². The smallest absolute Gasteiger partial charge is 0.272 e. The predicted molar refractivity (Wildman–Crippen MR) is 73.3 cm³/mol. The molecule has 0 atom stereocenters. The van der Waals surface area contributed by atoms with Gasteiger partial charge in [0.25, 0.3) is 0 Å². The number of thiol groups is 1. The quantitative estimate of drug-likeness (QED) is 0.737. The van der Waals surface area contributed by atoms with Crippen molar-refractivity contribution in [3.05, 3.63) is 18.0 Å². The Morgan fingerprint density at radius 1 is 1.21 bits per heavy atom. The van der Waals surface area contributed by atoms with Gasteiger partial charge in [0.1, 0.15) is 0 Å². The van der Waals surface area contributed by atoms with Crippen molar-refractivity contribution in [2.24, 2.45) is 5.41 Å². The van der Waals surface area contributed by atoms with Gasteiger partial charge in [0, 0.05) is 12.7 Å². The second-order valence-electron chi connectivity index (χ2n) is 5.08. The van der Waals surface area contributed by atoms with Gasteiger partial charge in [0.2, 0.25) is 0 Å². The maximum absolute atomic E-state index is 12.5. The van der Waals surface area contributed by atoms with E-state index in [1.165, 1.54) is 4.68 Å². The number of alkyl halides is 3. The summed E-state index contributed by atoms with van der Waals surface area (Å²) in [4.78, 5) is 0. The van der Waals surface area contributed by atoms with Crippen LogP contribution in [0.3, 0.4) is 0 Å². The predicted octanol–water partition coefficient (Wildman–Crippen LogP) is 4.42. The Bertz CT molecular complexity index is 381. The highest BCUT2D eigenvalue weighted by Gasteiger charge is 2.33. The topological polar surface area (TPSA) is 17.8 Å². The molecule has 110 valence electrons. The van der Waals surface area contributed by atoms with Crippen LogP contribution in [0.15, 0.2) is 12.4 Å². The van der Waals surface area contributed by atoms with Crippen molar-refractivity contribution in [1.29, 1.82) is 0 Å². The highest BCUT2D eigenvalue weighted by Crippen LogP contribution is 2.34. The molecule has 6 heteroatoms. The molecule has 1 aromatic heterocycles. The van der Waals surface area contributed by atoms with Crippen LogP contribution in [-0.4, -0.2) is 15.5 Å². The molecule has 0 aromatic carbocycles. The van der Waals surface area contributed by atoms with Crippen molar-refractivity contribution < 1.29 is 13.2 Å². The van der Waals surface area contributed by atoms with Crippen molar-refractivity contribution >= 4 is 12.6 Å². The zero-order chi connectivity index (χ0) is 14.5. The maximum atomic E-state index is 12.5. The first-order valence-electron chi connectivity index (χ1n) is 6.57. The summed E-state index contributed by atoms with van der Waals surface area (Å²) in [5, 5.41) is 3.84. The van der Waals surface area contributed by atoms with Crippen molar-refractivity contribution in [3.63, 3.8) is 0 Å². The van der Waals surface area contributed by atoms with Gasteiger partial charge in [-0.25, -0.2) is 0 Å². The Morgan fingerprint density at radius 2 is 1.79 bits per heavy atom. The first-order valence-corrected chi connectivity index (χ1v) is 7.20. The number of hydrogen-bond acceptors (Lipinski definition) is 2. The van der Waals surface area contributed by atoms with E-state index in [0.717, 1.165) is 38.1 Å². The molecule has 0 amide bonds. The molecule has 0 N–H and O–H groups in total. The lowest BCUT2D eigenvalue weighted by Gasteiger charge is -2.31. The fourth-order valence-corrected chi connectivity index (χ4v) is 2.91. The summed E-state index contributed by atoms with van der Waals surface area (Å²) in [7, 11) is 0. The fourth-order valence-electron chi connectivity index (χ4n) is 2.49. The molecular formula is C13H21F3N2S. The average molecular weight is 294 g/mol. The number of aromatic nitrogens is 2. The first kappa shape index (κ1) is 16.4. The van der Waals surface area contributed by atoms with Gasteiger partial charge in [0.05, 0.1) is 11.8 Å². The lowest BCUT2D eigenvalue weighted by Crippen LogP contribution is -2.29. The van der Waals surface area contributed by atoms with E-state index in [1.54, 1.807) is 0 Å². The summed E-state index contributed by atoms with van der Waals surface area (Å²) in [5.41, 5.74) is -0.754. The monoisotopic (exact) mass is 294 g/mol. The maximum Gasteiger partial charge on any atom is 0.419 e. The summed E-state index contributed by atoms with van der Waals surface area (Å²) in [6.45, 7) is 4.66. The minimum atomic E-state index is -4.32. The molecule has 0 saturated carbocycles. The molecule has 0 unspecified atom stereocenters. The lowest BCUT2D eigenvalue weighted by molar-refractivity contribution is -0.137. The van der Waals surface area contributed by atoms with Crippen LogP contribution in [0.25, 0.3) is 0 Å². The van der Waals surface area contributed by atoms with E-state index in [4.69, 9.17) is 0 Å². The van der Waals surface area contributed by atoms with Crippen LogP contribution in [0, 0.1) is 5.41 Å². The normalized spacial score (nSPS) is 12.9. The number of nitrogens with zero attached hydrogens (tertiary/aromatic N) is 2. The van der Waals surface area contributed by atoms with Gasteiger partial charge in [-0.3, -0.25) is 4.68 Å². The van der Waals surface area contributed by atoms with Crippen molar-refractivity contribution in [2.75, 3.05) is 5.75 Å². The minimum absolute atomic E-state index is 0.0680. The first-order chi connectivity index (χ1) is 8.87. The summed E-state index contributed by atoms with van der Waals surface area (Å²) < 4.78 is 39.0. The van der Waals surface area contributed by atoms with Crippen LogP contribution >= 0.6 is 12.6 Å². The highest BCUT2D eigenvalue weighted by atomic mass is 32.1. The Labute approximate surface area is 117 Å². The van der Waals surface area contributed by atoms with Crippen LogP contribution in [0.4, 0.5) is 13.2 Å². The molecule has 0 bridgehead atoms. The summed E-state index contributed by atoms with van der Waals surface area (Å²) >= 11 is 4.40. The molecule has 0 saturated heterocycles. The number of rotatable bonds is 7. The standard InChI is InChI=1S/C13H21F3N2S/c1-3-5-12(10-19,6-4-2)9-18-8-11(7-17-18)13(14,15)16/h7-8,19H,3-6,9-10H2,1-2H3. The third-order valence-electron chi connectivity index (χ3n) is 3.35. The molecule has 0 aliphatic rings. The zero-order valence-electron chi connectivity index (χ0n) is 11.4. The van der Waals surface area contributed by atoms with Crippen molar-refractivity contribution in [1.82, 2.24) is 9.78 Å². The van der Waals surface area contributed by atoms with E-state index in [2.05, 4.69) is 31.6 Å². The molecule has 1 rings (SSSR count). The lowest BCUT2D eigenvalue weighted by atomic mass is 9.81. The molecule has 0 aliphatic carbocycles. The van der Waals surface area contributed by atoms with E-state index >= 15 is 0 Å². The van der Waals surface area contributed by atoms with Crippen molar-refractivity contribution in [2.45, 2.75) is 52.3 Å². The Balaban J connectivity index is 2.87. The highest BCUT2D eigenvalue weighted by molar-refractivity contribution is 7.80. The second-order valence-corrected chi connectivity index (χ2v) is 5.40. The molecule has 1 heterocycles. The molecule has 0 spiro atoms. The zero-order valence-corrected chi connectivity index (χ0v) is 12.3. The molecule has 1 aromatic rings. The van der Waals surface area contributed by atoms with Gasteiger partial charge in [-0.05, 0) is 24.0 Å². The van der Waals surface area contributed by atoms with Crippen LogP contribution in [0.2, 0.25) is 0 Å². The van der Waals surface area contributed by atoms with Gasteiger partial charge in [-0.1, -0.05) is 26.7 Å². The molecule has 0 radical (unpaired) electrons. The minimum Gasteiger partial charge on any atom is -0.272 e. The van der Waals surface area contributed by atoms with Crippen LogP contribution < -0.4 is 0 Å². The van der Waals surface area contributed by atoms with Crippen molar-refractivity contribution in [3.8, 4) is 0 Å². The Hall–Kier alpha value is -0.650. The molecular weight excluding hydrogens is 273 g/mol. The Morgan fingerprint density at radius 3 is 2.16 bits per heavy atom. The van der Waals surface area contributed by atoms with Crippen LogP contribution in [0.5, 0.6) is 0 Å². The van der Waals surface area contributed by atoms with E-state index in [9.17, 15) is 13.2 Å². The summed E-state index contributed by atoms with van der Waals surface area (Å²) in [6, 6.07) is 0. The molecule has 2 nitrogen and oxygen atoms in total. The largest absolute Gasteiger partial charge is 0.419 e. The Kier molecular flexibility index (Phi) is 5.77. The SMILES string of the molecule is CCCC(CS)(CCC)Cn1cc(C(F)(F)F)cn1. The van der Waals surface area contributed by atoms with Gasteiger partial charge in [-0.15, -0.1) is 0 Å². The molecule has 0 fully saturated rings. The fraction of sp³-hybridized carbons (Fsp3) is 0.769. The van der Waals surface area contributed by atoms with E-state index < -0.39 is 11.7 Å². The summed E-state index contributed by atoms with van der Waals surface area (Å²) in [5.74, 6) is 0.663. The van der Waals surface area contributed by atoms with Gasteiger partial charge < -0.3 is 0 Å². The second kappa shape index (κ2) is 6.68.